The number of fused-ring (bicyclic) bond motifs is 5. The van der Waals surface area contributed by atoms with Crippen LogP contribution in [0.4, 0.5) is 0 Å². The van der Waals surface area contributed by atoms with Gasteiger partial charge in [-0.3, -0.25) is 0 Å². The molecule has 1 heterocycles. The molecular formula is C42H26O. The quantitative estimate of drug-likeness (QED) is 0.200. The predicted molar refractivity (Wildman–Crippen MR) is 181 cm³/mol. The van der Waals surface area contributed by atoms with Crippen molar-refractivity contribution in [3.8, 4) is 56.0 Å². The van der Waals surface area contributed by atoms with Crippen LogP contribution in [0.2, 0.25) is 0 Å². The third-order valence-electron chi connectivity index (χ3n) is 8.84. The van der Waals surface area contributed by atoms with Crippen molar-refractivity contribution in [2.75, 3.05) is 0 Å². The maximum absolute atomic E-state index is 6.27. The zero-order valence-electron chi connectivity index (χ0n) is 23.4. The lowest BCUT2D eigenvalue weighted by Gasteiger charge is -2.22. The fourth-order valence-electron chi connectivity index (χ4n) is 6.93. The molecule has 43 heavy (non-hydrogen) atoms. The summed E-state index contributed by atoms with van der Waals surface area (Å²) in [6.07, 6.45) is 0. The van der Waals surface area contributed by atoms with Crippen molar-refractivity contribution >= 4 is 32.3 Å². The van der Waals surface area contributed by atoms with E-state index in [0.29, 0.717) is 0 Å². The zero-order valence-corrected chi connectivity index (χ0v) is 23.4. The lowest BCUT2D eigenvalue weighted by molar-refractivity contribution is 0.487. The van der Waals surface area contributed by atoms with Gasteiger partial charge in [0.05, 0.1) is 0 Å². The van der Waals surface area contributed by atoms with Crippen LogP contribution in [0.3, 0.4) is 0 Å². The van der Waals surface area contributed by atoms with Gasteiger partial charge in [0.25, 0.3) is 0 Å². The molecule has 0 atom stereocenters. The monoisotopic (exact) mass is 546 g/mol. The largest absolute Gasteiger partial charge is 0.456 e. The first-order valence-corrected chi connectivity index (χ1v) is 14.8. The van der Waals surface area contributed by atoms with Crippen molar-refractivity contribution in [2.45, 2.75) is 0 Å². The number of para-hydroxylation sites is 1. The molecule has 0 radical (unpaired) electrons. The number of hydrogen-bond acceptors (Lipinski definition) is 1. The normalized spacial score (nSPS) is 11.9. The fourth-order valence-corrected chi connectivity index (χ4v) is 6.93. The first kappa shape index (κ1) is 24.0. The second-order valence-electron chi connectivity index (χ2n) is 11.3. The van der Waals surface area contributed by atoms with Gasteiger partial charge < -0.3 is 4.74 Å². The van der Waals surface area contributed by atoms with E-state index in [1.807, 2.05) is 6.07 Å². The van der Waals surface area contributed by atoms with E-state index in [0.717, 1.165) is 17.1 Å². The predicted octanol–water partition coefficient (Wildman–Crippen LogP) is 11.9. The van der Waals surface area contributed by atoms with Gasteiger partial charge in [0.1, 0.15) is 11.5 Å². The van der Waals surface area contributed by atoms with Crippen molar-refractivity contribution in [3.63, 3.8) is 0 Å². The van der Waals surface area contributed by atoms with E-state index in [9.17, 15) is 0 Å². The van der Waals surface area contributed by atoms with E-state index < -0.39 is 0 Å². The van der Waals surface area contributed by atoms with Crippen LogP contribution >= 0.6 is 0 Å². The third-order valence-corrected chi connectivity index (χ3v) is 8.84. The zero-order chi connectivity index (χ0) is 28.3. The van der Waals surface area contributed by atoms with Crippen molar-refractivity contribution in [2.24, 2.45) is 0 Å². The Labute approximate surface area is 250 Å². The molecule has 8 aromatic carbocycles. The van der Waals surface area contributed by atoms with Gasteiger partial charge in [-0.15, -0.1) is 0 Å². The minimum absolute atomic E-state index is 0.909. The molecule has 0 aromatic heterocycles. The average Bonchev–Trinajstić information content (AvgIpc) is 3.08. The van der Waals surface area contributed by atoms with Crippen LogP contribution < -0.4 is 4.74 Å². The molecule has 1 aliphatic heterocycles. The molecule has 0 unspecified atom stereocenters. The molecule has 9 rings (SSSR count). The summed E-state index contributed by atoms with van der Waals surface area (Å²) >= 11 is 0. The van der Waals surface area contributed by atoms with Crippen LogP contribution in [0.25, 0.3) is 76.8 Å². The summed E-state index contributed by atoms with van der Waals surface area (Å²) in [6, 6.07) is 56.8. The second kappa shape index (κ2) is 9.44. The molecule has 0 spiro atoms. The van der Waals surface area contributed by atoms with Gasteiger partial charge in [-0.05, 0) is 90.1 Å². The van der Waals surface area contributed by atoms with E-state index in [2.05, 4.69) is 152 Å². The number of rotatable bonds is 3. The molecular weight excluding hydrogens is 520 g/mol. The van der Waals surface area contributed by atoms with E-state index in [1.165, 1.54) is 71.3 Å². The van der Waals surface area contributed by atoms with Crippen LogP contribution in [-0.4, -0.2) is 0 Å². The standard InChI is InChI=1S/C42H26O/c1-2-11-28(12-3-1)41-35-17-6-4-14-32(35)33-15-5-7-18-36(33)42(41)29-23-21-27(22-24-29)31-25-30-13-10-20-39-40(30)37(26-31)34-16-8-9-19-38(34)43-39/h1-26H. The minimum atomic E-state index is 0.909. The molecule has 8 aromatic rings. The Kier molecular flexibility index (Phi) is 5.27. The van der Waals surface area contributed by atoms with Crippen molar-refractivity contribution < 1.29 is 4.74 Å². The van der Waals surface area contributed by atoms with Crippen LogP contribution in [0, 0.1) is 0 Å². The van der Waals surface area contributed by atoms with Gasteiger partial charge in [0, 0.05) is 10.9 Å². The summed E-state index contributed by atoms with van der Waals surface area (Å²) in [5, 5.41) is 7.48. The summed E-state index contributed by atoms with van der Waals surface area (Å²) < 4.78 is 6.27. The maximum atomic E-state index is 6.27. The van der Waals surface area contributed by atoms with Crippen LogP contribution in [0.1, 0.15) is 0 Å². The lowest BCUT2D eigenvalue weighted by Crippen LogP contribution is -1.97. The first-order chi connectivity index (χ1) is 21.3. The Hall–Kier alpha value is -5.66. The lowest BCUT2D eigenvalue weighted by atomic mass is 9.84. The molecule has 0 fully saturated rings. The van der Waals surface area contributed by atoms with E-state index in [-0.39, 0.29) is 0 Å². The van der Waals surface area contributed by atoms with Crippen LogP contribution in [0.15, 0.2) is 158 Å². The summed E-state index contributed by atoms with van der Waals surface area (Å²) in [7, 11) is 0. The van der Waals surface area contributed by atoms with E-state index >= 15 is 0 Å². The Morgan fingerprint density at radius 3 is 1.60 bits per heavy atom. The second-order valence-corrected chi connectivity index (χ2v) is 11.3. The Bertz CT molecular complexity index is 2350. The highest BCUT2D eigenvalue weighted by molar-refractivity contribution is 6.21. The number of hydrogen-bond donors (Lipinski definition) is 0. The fraction of sp³-hybridized carbons (Fsp3) is 0. The molecule has 0 bridgehead atoms. The van der Waals surface area contributed by atoms with Crippen molar-refractivity contribution in [1.82, 2.24) is 0 Å². The van der Waals surface area contributed by atoms with Gasteiger partial charge in [-0.2, -0.15) is 0 Å². The van der Waals surface area contributed by atoms with Crippen molar-refractivity contribution in [3.05, 3.63) is 158 Å². The topological polar surface area (TPSA) is 9.23 Å². The first-order valence-electron chi connectivity index (χ1n) is 14.8. The molecule has 0 saturated carbocycles. The van der Waals surface area contributed by atoms with Gasteiger partial charge in [-0.1, -0.05) is 133 Å². The van der Waals surface area contributed by atoms with Crippen LogP contribution in [0.5, 0.6) is 11.5 Å². The van der Waals surface area contributed by atoms with Crippen molar-refractivity contribution in [1.29, 1.82) is 0 Å². The van der Waals surface area contributed by atoms with E-state index in [1.54, 1.807) is 0 Å². The molecule has 0 amide bonds. The molecule has 0 saturated heterocycles. The number of ether oxygens (including phenoxy) is 1. The number of benzene rings is 8. The third kappa shape index (κ3) is 3.72. The highest BCUT2D eigenvalue weighted by atomic mass is 16.5. The average molecular weight is 547 g/mol. The molecule has 1 nitrogen and oxygen atoms in total. The Morgan fingerprint density at radius 2 is 0.884 bits per heavy atom. The smallest absolute Gasteiger partial charge is 0.135 e. The summed E-state index contributed by atoms with van der Waals surface area (Å²) in [5.41, 5.74) is 9.76. The Morgan fingerprint density at radius 1 is 0.326 bits per heavy atom. The summed E-state index contributed by atoms with van der Waals surface area (Å²) in [4.78, 5) is 0. The van der Waals surface area contributed by atoms with Gasteiger partial charge in [0.15, 0.2) is 0 Å². The highest BCUT2D eigenvalue weighted by Gasteiger charge is 2.21. The molecule has 200 valence electrons. The highest BCUT2D eigenvalue weighted by Crippen LogP contribution is 2.48. The maximum Gasteiger partial charge on any atom is 0.135 e. The summed E-state index contributed by atoms with van der Waals surface area (Å²) in [6.45, 7) is 0. The van der Waals surface area contributed by atoms with Gasteiger partial charge in [0.2, 0.25) is 0 Å². The van der Waals surface area contributed by atoms with Gasteiger partial charge >= 0.3 is 0 Å². The van der Waals surface area contributed by atoms with E-state index in [4.69, 9.17) is 4.74 Å². The summed E-state index contributed by atoms with van der Waals surface area (Å²) in [5.74, 6) is 1.83. The Balaban J connectivity index is 1.26. The SMILES string of the molecule is c1ccc(-c2c(-c3ccc(-c4cc5c6c(cccc6c4)Oc4ccccc4-5)cc3)c3ccccc3c3ccccc23)cc1. The molecule has 1 heteroatoms. The molecule has 1 aliphatic rings. The van der Waals surface area contributed by atoms with Crippen LogP contribution in [-0.2, 0) is 0 Å². The minimum Gasteiger partial charge on any atom is -0.456 e. The molecule has 0 aliphatic carbocycles. The molecule has 0 N–H and O–H groups in total. The van der Waals surface area contributed by atoms with Gasteiger partial charge in [-0.25, -0.2) is 0 Å².